The maximum absolute atomic E-state index is 14.5. The summed E-state index contributed by atoms with van der Waals surface area (Å²) in [5, 5.41) is 9.76. The molecule has 192 valence electrons. The third-order valence-electron chi connectivity index (χ3n) is 7.00. The van der Waals surface area contributed by atoms with Crippen molar-refractivity contribution in [2.24, 2.45) is 5.92 Å². The van der Waals surface area contributed by atoms with Crippen molar-refractivity contribution in [1.29, 1.82) is 0 Å². The van der Waals surface area contributed by atoms with Gasteiger partial charge in [-0.15, -0.1) is 0 Å². The van der Waals surface area contributed by atoms with E-state index in [9.17, 15) is 18.7 Å². The highest BCUT2D eigenvalue weighted by molar-refractivity contribution is 5.85. The second-order valence-corrected chi connectivity index (χ2v) is 9.44. The Morgan fingerprint density at radius 2 is 1.92 bits per heavy atom. The van der Waals surface area contributed by atoms with E-state index in [0.717, 1.165) is 32.0 Å². The van der Waals surface area contributed by atoms with E-state index in [4.69, 9.17) is 9.72 Å². The molecule has 2 heterocycles. The second-order valence-electron chi connectivity index (χ2n) is 9.44. The minimum atomic E-state index is -0.690. The van der Waals surface area contributed by atoms with Crippen LogP contribution in [0.2, 0.25) is 0 Å². The molecule has 1 aliphatic heterocycles. The fourth-order valence-corrected chi connectivity index (χ4v) is 5.22. The molecule has 1 fully saturated rings. The summed E-state index contributed by atoms with van der Waals surface area (Å²) < 4.78 is 35.3. The SMILES string of the molecule is COc1ccccc1-c1nc2ccc(-c3ccc(F)cc3F)cc2c(=O)n1CC1CCCN(CCO)C1. The summed E-state index contributed by atoms with van der Waals surface area (Å²) in [5.41, 5.74) is 1.66. The first-order chi connectivity index (χ1) is 18.0. The summed E-state index contributed by atoms with van der Waals surface area (Å²) in [6.45, 7) is 2.85. The van der Waals surface area contributed by atoms with E-state index in [1.807, 2.05) is 24.3 Å². The molecule has 1 N–H and O–H groups in total. The number of para-hydroxylation sites is 1. The van der Waals surface area contributed by atoms with E-state index in [1.54, 1.807) is 29.9 Å². The minimum Gasteiger partial charge on any atom is -0.496 e. The summed E-state index contributed by atoms with van der Waals surface area (Å²) in [4.78, 5) is 21.1. The molecule has 1 aromatic heterocycles. The molecule has 0 saturated carbocycles. The summed E-state index contributed by atoms with van der Waals surface area (Å²) in [5.74, 6) is -0.0314. The zero-order chi connectivity index (χ0) is 25.9. The van der Waals surface area contributed by atoms with Crippen LogP contribution in [-0.2, 0) is 6.54 Å². The molecule has 0 amide bonds. The van der Waals surface area contributed by atoms with Crippen LogP contribution in [0.15, 0.2) is 65.5 Å². The molecule has 0 spiro atoms. The fourth-order valence-electron chi connectivity index (χ4n) is 5.22. The number of aromatic nitrogens is 2. The number of halogens is 2. The van der Waals surface area contributed by atoms with Crippen LogP contribution in [0, 0.1) is 17.6 Å². The number of aliphatic hydroxyl groups excluding tert-OH is 1. The Morgan fingerprint density at radius 1 is 1.08 bits per heavy atom. The van der Waals surface area contributed by atoms with Gasteiger partial charge in [0.05, 0.1) is 30.2 Å². The molecule has 0 radical (unpaired) electrons. The molecule has 6 nitrogen and oxygen atoms in total. The van der Waals surface area contributed by atoms with Crippen molar-refractivity contribution >= 4 is 10.9 Å². The maximum Gasteiger partial charge on any atom is 0.261 e. The summed E-state index contributed by atoms with van der Waals surface area (Å²) in [6, 6.07) is 15.9. The Labute approximate surface area is 213 Å². The number of hydrogen-bond acceptors (Lipinski definition) is 5. The topological polar surface area (TPSA) is 67.6 Å². The van der Waals surface area contributed by atoms with E-state index in [2.05, 4.69) is 4.90 Å². The molecule has 37 heavy (non-hydrogen) atoms. The van der Waals surface area contributed by atoms with Gasteiger partial charge in [0.2, 0.25) is 0 Å². The van der Waals surface area contributed by atoms with E-state index in [-0.39, 0.29) is 23.6 Å². The first kappa shape index (κ1) is 25.0. The predicted molar refractivity (Wildman–Crippen MR) is 140 cm³/mol. The van der Waals surface area contributed by atoms with Crippen LogP contribution in [0.4, 0.5) is 8.78 Å². The maximum atomic E-state index is 14.5. The molecular weight excluding hydrogens is 476 g/mol. The van der Waals surface area contributed by atoms with Crippen molar-refractivity contribution in [1.82, 2.24) is 14.5 Å². The van der Waals surface area contributed by atoms with Gasteiger partial charge >= 0.3 is 0 Å². The van der Waals surface area contributed by atoms with Crippen molar-refractivity contribution < 1.29 is 18.6 Å². The molecule has 0 aliphatic carbocycles. The van der Waals surface area contributed by atoms with Gasteiger partial charge in [0, 0.05) is 31.3 Å². The van der Waals surface area contributed by atoms with Crippen molar-refractivity contribution in [2.75, 3.05) is 33.4 Å². The monoisotopic (exact) mass is 505 g/mol. The highest BCUT2D eigenvalue weighted by atomic mass is 19.1. The van der Waals surface area contributed by atoms with E-state index >= 15 is 0 Å². The van der Waals surface area contributed by atoms with E-state index in [0.29, 0.717) is 46.7 Å². The molecule has 1 aliphatic rings. The normalized spacial score (nSPS) is 16.3. The Bertz CT molecular complexity index is 1490. The van der Waals surface area contributed by atoms with E-state index in [1.165, 1.54) is 12.1 Å². The molecule has 1 saturated heterocycles. The second kappa shape index (κ2) is 10.8. The summed E-state index contributed by atoms with van der Waals surface area (Å²) >= 11 is 0. The van der Waals surface area contributed by atoms with Crippen molar-refractivity contribution in [2.45, 2.75) is 19.4 Å². The van der Waals surface area contributed by atoms with Crippen molar-refractivity contribution in [3.63, 3.8) is 0 Å². The smallest absolute Gasteiger partial charge is 0.261 e. The Hall–Kier alpha value is -3.62. The summed E-state index contributed by atoms with van der Waals surface area (Å²) in [6.07, 6.45) is 1.94. The molecule has 4 aromatic rings. The van der Waals surface area contributed by atoms with Crippen LogP contribution in [0.5, 0.6) is 5.75 Å². The number of benzene rings is 3. The molecule has 8 heteroatoms. The average Bonchev–Trinajstić information content (AvgIpc) is 2.90. The third kappa shape index (κ3) is 5.12. The third-order valence-corrected chi connectivity index (χ3v) is 7.00. The van der Waals surface area contributed by atoms with Crippen LogP contribution >= 0.6 is 0 Å². The summed E-state index contributed by atoms with van der Waals surface area (Å²) in [7, 11) is 1.58. The van der Waals surface area contributed by atoms with Gasteiger partial charge < -0.3 is 14.7 Å². The lowest BCUT2D eigenvalue weighted by molar-refractivity contribution is 0.132. The van der Waals surface area contributed by atoms with Gasteiger partial charge in [0.25, 0.3) is 5.56 Å². The quantitative estimate of drug-likeness (QED) is 0.394. The van der Waals surface area contributed by atoms with Crippen molar-refractivity contribution in [3.05, 3.63) is 82.7 Å². The standard InChI is InChI=1S/C29H29F2N3O3/c1-37-27-7-3-2-6-23(27)28-32-26-11-8-20(22-10-9-21(30)16-25(22)31)15-24(26)29(36)34(28)18-19-5-4-12-33(17-19)13-14-35/h2-3,6-11,15-16,19,35H,4-5,12-14,17-18H2,1H3. The zero-order valence-corrected chi connectivity index (χ0v) is 20.7. The molecule has 0 bridgehead atoms. The van der Waals surface area contributed by atoms with Gasteiger partial charge in [-0.1, -0.05) is 18.2 Å². The lowest BCUT2D eigenvalue weighted by Gasteiger charge is -2.33. The number of rotatable bonds is 7. The number of ether oxygens (including phenoxy) is 1. The predicted octanol–water partition coefficient (Wildman–Crippen LogP) is 4.72. The molecule has 1 atom stereocenters. The zero-order valence-electron chi connectivity index (χ0n) is 20.7. The average molecular weight is 506 g/mol. The lowest BCUT2D eigenvalue weighted by atomic mass is 9.97. The highest BCUT2D eigenvalue weighted by Gasteiger charge is 2.24. The first-order valence-corrected chi connectivity index (χ1v) is 12.4. The molecule has 5 rings (SSSR count). The lowest BCUT2D eigenvalue weighted by Crippen LogP contribution is -2.40. The minimum absolute atomic E-state index is 0.0966. The first-order valence-electron chi connectivity index (χ1n) is 12.4. The van der Waals surface area contributed by atoms with Gasteiger partial charge in [-0.05, 0) is 67.3 Å². The number of β-amino-alcohol motifs (C(OH)–C–C–N with tert-alkyl or cyclic N) is 1. The van der Waals surface area contributed by atoms with Crippen LogP contribution in [0.1, 0.15) is 12.8 Å². The van der Waals surface area contributed by atoms with E-state index < -0.39 is 11.6 Å². The van der Waals surface area contributed by atoms with Crippen LogP contribution in [-0.4, -0.2) is 52.9 Å². The number of fused-ring (bicyclic) bond motifs is 1. The number of methoxy groups -OCH3 is 1. The molecule has 3 aromatic carbocycles. The van der Waals surface area contributed by atoms with Crippen LogP contribution in [0.3, 0.4) is 0 Å². The Kier molecular flexibility index (Phi) is 7.30. The Balaban J connectivity index is 1.66. The molecular formula is C29H29F2N3O3. The van der Waals surface area contributed by atoms with Gasteiger partial charge in [-0.3, -0.25) is 9.36 Å². The van der Waals surface area contributed by atoms with Gasteiger partial charge in [0.15, 0.2) is 0 Å². The number of aliphatic hydroxyl groups is 1. The van der Waals surface area contributed by atoms with Crippen LogP contribution in [0.25, 0.3) is 33.4 Å². The van der Waals surface area contributed by atoms with Gasteiger partial charge in [0.1, 0.15) is 23.2 Å². The number of piperidine rings is 1. The Morgan fingerprint density at radius 3 is 2.70 bits per heavy atom. The number of likely N-dealkylation sites (tertiary alicyclic amines) is 1. The number of nitrogens with zero attached hydrogens (tertiary/aromatic N) is 3. The largest absolute Gasteiger partial charge is 0.496 e. The fraction of sp³-hybridized carbons (Fsp3) is 0.310. The van der Waals surface area contributed by atoms with Gasteiger partial charge in [-0.25, -0.2) is 13.8 Å². The highest BCUT2D eigenvalue weighted by Crippen LogP contribution is 2.31. The molecule has 1 unspecified atom stereocenters. The van der Waals surface area contributed by atoms with Crippen LogP contribution < -0.4 is 10.3 Å². The van der Waals surface area contributed by atoms with Crippen molar-refractivity contribution in [3.8, 4) is 28.3 Å². The number of hydrogen-bond donors (Lipinski definition) is 1. The van der Waals surface area contributed by atoms with Gasteiger partial charge in [-0.2, -0.15) is 0 Å².